The molecule has 0 aromatic heterocycles. The molecule has 2 aromatic rings. The highest BCUT2D eigenvalue weighted by Gasteiger charge is 2.28. The Hall–Kier alpha value is -2.62. The van der Waals surface area contributed by atoms with Crippen molar-refractivity contribution < 1.29 is 9.59 Å². The average molecular weight is 409 g/mol. The molecule has 0 spiro atoms. The SMILES string of the molecule is CCC(C(=O)NCC(C)C)N(Cc1cccc(C)c1)C(=O)Cc1ccc(C)c(C)c1. The Labute approximate surface area is 181 Å². The summed E-state index contributed by atoms with van der Waals surface area (Å²) in [6, 6.07) is 13.8. The van der Waals surface area contributed by atoms with Crippen molar-refractivity contribution in [1.82, 2.24) is 10.2 Å². The summed E-state index contributed by atoms with van der Waals surface area (Å²) >= 11 is 0. The molecule has 2 rings (SSSR count). The first-order chi connectivity index (χ1) is 14.2. The zero-order valence-electron chi connectivity index (χ0n) is 19.3. The van der Waals surface area contributed by atoms with Crippen molar-refractivity contribution in [3.8, 4) is 0 Å². The predicted molar refractivity (Wildman–Crippen MR) is 123 cm³/mol. The van der Waals surface area contributed by atoms with Gasteiger partial charge in [-0.2, -0.15) is 0 Å². The van der Waals surface area contributed by atoms with E-state index in [9.17, 15) is 9.59 Å². The van der Waals surface area contributed by atoms with E-state index >= 15 is 0 Å². The third-order valence-corrected chi connectivity index (χ3v) is 5.43. The van der Waals surface area contributed by atoms with Crippen LogP contribution in [0.2, 0.25) is 0 Å². The van der Waals surface area contributed by atoms with Gasteiger partial charge in [0.05, 0.1) is 6.42 Å². The lowest BCUT2D eigenvalue weighted by molar-refractivity contribution is -0.141. The third kappa shape index (κ3) is 6.72. The molecule has 2 aromatic carbocycles. The van der Waals surface area contributed by atoms with Crippen molar-refractivity contribution in [3.63, 3.8) is 0 Å². The molecule has 0 bridgehead atoms. The van der Waals surface area contributed by atoms with E-state index in [1.165, 1.54) is 11.1 Å². The summed E-state index contributed by atoms with van der Waals surface area (Å²) in [6.07, 6.45) is 0.870. The van der Waals surface area contributed by atoms with Crippen LogP contribution in [0.4, 0.5) is 0 Å². The summed E-state index contributed by atoms with van der Waals surface area (Å²) in [4.78, 5) is 28.1. The fourth-order valence-corrected chi connectivity index (χ4v) is 3.54. The number of amides is 2. The smallest absolute Gasteiger partial charge is 0.242 e. The van der Waals surface area contributed by atoms with Crippen molar-refractivity contribution in [2.24, 2.45) is 5.92 Å². The quantitative estimate of drug-likeness (QED) is 0.652. The maximum absolute atomic E-state index is 13.4. The van der Waals surface area contributed by atoms with E-state index in [2.05, 4.69) is 51.2 Å². The molecule has 30 heavy (non-hydrogen) atoms. The molecule has 4 heteroatoms. The fourth-order valence-electron chi connectivity index (χ4n) is 3.54. The number of hydrogen-bond donors (Lipinski definition) is 1. The van der Waals surface area contributed by atoms with Gasteiger partial charge >= 0.3 is 0 Å². The minimum absolute atomic E-state index is 0.0219. The van der Waals surface area contributed by atoms with E-state index in [4.69, 9.17) is 0 Å². The van der Waals surface area contributed by atoms with Gasteiger partial charge < -0.3 is 10.2 Å². The Morgan fingerprint density at radius 2 is 1.70 bits per heavy atom. The summed E-state index contributed by atoms with van der Waals surface area (Å²) < 4.78 is 0. The number of carbonyl (C=O) groups excluding carboxylic acids is 2. The fraction of sp³-hybridized carbons (Fsp3) is 0.462. The summed E-state index contributed by atoms with van der Waals surface area (Å²) in [5.74, 6) is 0.265. The number of hydrogen-bond acceptors (Lipinski definition) is 2. The highest BCUT2D eigenvalue weighted by Crippen LogP contribution is 2.17. The molecule has 0 radical (unpaired) electrons. The molecule has 0 heterocycles. The third-order valence-electron chi connectivity index (χ3n) is 5.43. The van der Waals surface area contributed by atoms with Gasteiger partial charge in [0.15, 0.2) is 0 Å². The second-order valence-electron chi connectivity index (χ2n) is 8.67. The van der Waals surface area contributed by atoms with Crippen LogP contribution >= 0.6 is 0 Å². The van der Waals surface area contributed by atoms with E-state index in [0.717, 1.165) is 16.7 Å². The number of nitrogens with zero attached hydrogens (tertiary/aromatic N) is 1. The van der Waals surface area contributed by atoms with E-state index in [1.54, 1.807) is 4.90 Å². The van der Waals surface area contributed by atoms with Crippen molar-refractivity contribution in [2.75, 3.05) is 6.54 Å². The van der Waals surface area contributed by atoms with E-state index < -0.39 is 6.04 Å². The maximum Gasteiger partial charge on any atom is 0.242 e. The molecular formula is C26H36N2O2. The van der Waals surface area contributed by atoms with Gasteiger partial charge in [0, 0.05) is 13.1 Å². The first-order valence-corrected chi connectivity index (χ1v) is 10.9. The molecule has 4 nitrogen and oxygen atoms in total. The molecule has 1 N–H and O–H groups in total. The second-order valence-corrected chi connectivity index (χ2v) is 8.67. The summed E-state index contributed by atoms with van der Waals surface area (Å²) in [5, 5.41) is 3.01. The van der Waals surface area contributed by atoms with Crippen molar-refractivity contribution in [1.29, 1.82) is 0 Å². The van der Waals surface area contributed by atoms with Crippen LogP contribution in [0.25, 0.3) is 0 Å². The van der Waals surface area contributed by atoms with Crippen LogP contribution in [0.3, 0.4) is 0 Å². The maximum atomic E-state index is 13.4. The molecule has 0 aliphatic rings. The van der Waals surface area contributed by atoms with Crippen LogP contribution in [0, 0.1) is 26.7 Å². The Kier molecular flexibility index (Phi) is 8.64. The summed E-state index contributed by atoms with van der Waals surface area (Å²) in [6.45, 7) is 13.3. The zero-order chi connectivity index (χ0) is 22.3. The van der Waals surface area contributed by atoms with Gasteiger partial charge in [0.2, 0.25) is 11.8 Å². The number of benzene rings is 2. The molecule has 1 unspecified atom stereocenters. The van der Waals surface area contributed by atoms with Gasteiger partial charge in [0.25, 0.3) is 0 Å². The van der Waals surface area contributed by atoms with E-state index in [-0.39, 0.29) is 11.8 Å². The van der Waals surface area contributed by atoms with Crippen LogP contribution in [0.15, 0.2) is 42.5 Å². The van der Waals surface area contributed by atoms with Crippen molar-refractivity contribution in [2.45, 2.75) is 67.0 Å². The van der Waals surface area contributed by atoms with Crippen LogP contribution in [0.1, 0.15) is 55.0 Å². The number of aryl methyl sites for hydroxylation is 3. The molecule has 0 aliphatic heterocycles. The molecule has 1 atom stereocenters. The number of rotatable bonds is 9. The summed E-state index contributed by atoms with van der Waals surface area (Å²) in [5.41, 5.74) is 5.55. The minimum atomic E-state index is -0.483. The topological polar surface area (TPSA) is 49.4 Å². The number of carbonyl (C=O) groups is 2. The molecule has 0 fully saturated rings. The molecule has 0 saturated carbocycles. The Morgan fingerprint density at radius 1 is 0.967 bits per heavy atom. The van der Waals surface area contributed by atoms with E-state index in [1.807, 2.05) is 38.1 Å². The molecule has 0 saturated heterocycles. The first kappa shape index (κ1) is 23.7. The van der Waals surface area contributed by atoms with Crippen LogP contribution < -0.4 is 5.32 Å². The highest BCUT2D eigenvalue weighted by molar-refractivity contribution is 5.88. The molecule has 162 valence electrons. The zero-order valence-corrected chi connectivity index (χ0v) is 19.3. The van der Waals surface area contributed by atoms with Crippen molar-refractivity contribution >= 4 is 11.8 Å². The largest absolute Gasteiger partial charge is 0.354 e. The molecule has 2 amide bonds. The normalized spacial score (nSPS) is 12.0. The van der Waals surface area contributed by atoms with Gasteiger partial charge in [0.1, 0.15) is 6.04 Å². The lowest BCUT2D eigenvalue weighted by atomic mass is 10.0. The molecular weight excluding hydrogens is 372 g/mol. The van der Waals surface area contributed by atoms with Crippen LogP contribution in [-0.4, -0.2) is 29.3 Å². The highest BCUT2D eigenvalue weighted by atomic mass is 16.2. The van der Waals surface area contributed by atoms with Gasteiger partial charge in [-0.25, -0.2) is 0 Å². The minimum Gasteiger partial charge on any atom is -0.354 e. The van der Waals surface area contributed by atoms with Gasteiger partial charge in [-0.05, 0) is 55.4 Å². The van der Waals surface area contributed by atoms with Gasteiger partial charge in [-0.1, -0.05) is 68.8 Å². The Bertz CT molecular complexity index is 873. The lowest BCUT2D eigenvalue weighted by Gasteiger charge is -2.31. The van der Waals surface area contributed by atoms with Crippen molar-refractivity contribution in [3.05, 3.63) is 70.3 Å². The second kappa shape index (κ2) is 11.0. The monoisotopic (exact) mass is 408 g/mol. The van der Waals surface area contributed by atoms with Crippen LogP contribution in [-0.2, 0) is 22.6 Å². The Morgan fingerprint density at radius 3 is 2.30 bits per heavy atom. The summed E-state index contributed by atoms with van der Waals surface area (Å²) in [7, 11) is 0. The Balaban J connectivity index is 2.29. The number of nitrogens with one attached hydrogen (secondary N) is 1. The first-order valence-electron chi connectivity index (χ1n) is 10.9. The van der Waals surface area contributed by atoms with E-state index in [0.29, 0.717) is 31.8 Å². The van der Waals surface area contributed by atoms with Gasteiger partial charge in [-0.15, -0.1) is 0 Å². The lowest BCUT2D eigenvalue weighted by Crippen LogP contribution is -2.50. The average Bonchev–Trinajstić information content (AvgIpc) is 2.69. The standard InChI is InChI=1S/C26H36N2O2/c1-7-24(26(30)27-16-18(2)3)28(17-23-10-8-9-19(4)13-23)25(29)15-22-12-11-20(5)21(6)14-22/h8-14,18,24H,7,15-17H2,1-6H3,(H,27,30). The molecule has 0 aliphatic carbocycles. The van der Waals surface area contributed by atoms with Gasteiger partial charge in [-0.3, -0.25) is 9.59 Å². The predicted octanol–water partition coefficient (Wildman–Crippen LogP) is 4.73. The van der Waals surface area contributed by atoms with Crippen LogP contribution in [0.5, 0.6) is 0 Å².